The number of aromatic nitrogens is 6. The van der Waals surface area contributed by atoms with Crippen LogP contribution >= 0.6 is 0 Å². The molecule has 0 saturated carbocycles. The third-order valence-electron chi connectivity index (χ3n) is 7.05. The molecule has 6 rings (SSSR count). The fraction of sp³-hybridized carbons (Fsp3) is 0.0833. The Kier molecular flexibility index (Phi) is 11.0. The highest BCUT2D eigenvalue weighted by atomic mass is 16.1. The van der Waals surface area contributed by atoms with E-state index in [1.54, 1.807) is 76.2 Å². The van der Waals surface area contributed by atoms with E-state index in [9.17, 15) is 14.4 Å². The Morgan fingerprint density at radius 3 is 0.896 bits per heavy atom. The van der Waals surface area contributed by atoms with Gasteiger partial charge >= 0.3 is 0 Å². The second-order valence-corrected chi connectivity index (χ2v) is 10.2. The maximum atomic E-state index is 11.4. The van der Waals surface area contributed by atoms with Crippen molar-refractivity contribution in [3.05, 3.63) is 157 Å². The van der Waals surface area contributed by atoms with E-state index in [1.165, 1.54) is 0 Å². The third-order valence-corrected chi connectivity index (χ3v) is 7.05. The standard InChI is InChI=1S/3C12H9N3O/c3*1-8-11(9-2-4-14-5-3-9)6-10(7-13)12(16)15-8/h3*2-6H,1H3,(H,15,16). The first kappa shape index (κ1) is 33.7. The van der Waals surface area contributed by atoms with E-state index < -0.39 is 0 Å². The smallest absolute Gasteiger partial charge is 0.266 e. The molecule has 0 aliphatic heterocycles. The maximum absolute atomic E-state index is 11.4. The van der Waals surface area contributed by atoms with Gasteiger partial charge in [0.05, 0.1) is 0 Å². The van der Waals surface area contributed by atoms with Gasteiger partial charge in [0, 0.05) is 71.0 Å². The van der Waals surface area contributed by atoms with E-state index in [4.69, 9.17) is 15.8 Å². The van der Waals surface area contributed by atoms with Crippen LogP contribution in [0.2, 0.25) is 0 Å². The largest absolute Gasteiger partial charge is 0.325 e. The summed E-state index contributed by atoms with van der Waals surface area (Å²) in [5.41, 5.74) is 6.89. The van der Waals surface area contributed by atoms with Crippen LogP contribution in [0.25, 0.3) is 33.4 Å². The first-order chi connectivity index (χ1) is 23.2. The summed E-state index contributed by atoms with van der Waals surface area (Å²) < 4.78 is 0. The average Bonchev–Trinajstić information content (AvgIpc) is 3.10. The summed E-state index contributed by atoms with van der Waals surface area (Å²) in [6, 6.07) is 21.4. The molecule has 3 N–H and O–H groups in total. The van der Waals surface area contributed by atoms with E-state index in [0.717, 1.165) is 50.5 Å². The molecule has 0 radical (unpaired) electrons. The Labute approximate surface area is 274 Å². The van der Waals surface area contributed by atoms with Crippen molar-refractivity contribution < 1.29 is 0 Å². The Balaban J connectivity index is 0.000000163. The second-order valence-electron chi connectivity index (χ2n) is 10.2. The minimum absolute atomic E-state index is 0.123. The zero-order valence-electron chi connectivity index (χ0n) is 26.1. The van der Waals surface area contributed by atoms with Gasteiger partial charge in [0.15, 0.2) is 0 Å². The molecule has 234 valence electrons. The van der Waals surface area contributed by atoms with Crippen LogP contribution in [-0.4, -0.2) is 29.9 Å². The third kappa shape index (κ3) is 8.07. The number of H-pyrrole nitrogens is 3. The molecule has 12 nitrogen and oxygen atoms in total. The number of aromatic amines is 3. The van der Waals surface area contributed by atoms with Crippen LogP contribution in [0, 0.1) is 54.8 Å². The molecule has 48 heavy (non-hydrogen) atoms. The van der Waals surface area contributed by atoms with Crippen LogP contribution in [0.15, 0.2) is 106 Å². The summed E-state index contributed by atoms with van der Waals surface area (Å²) in [7, 11) is 0. The van der Waals surface area contributed by atoms with Crippen molar-refractivity contribution in [3.8, 4) is 51.6 Å². The lowest BCUT2D eigenvalue weighted by molar-refractivity contribution is 1.13. The minimum atomic E-state index is -0.349. The fourth-order valence-electron chi connectivity index (χ4n) is 4.61. The number of nitrogens with one attached hydrogen (secondary N) is 3. The van der Waals surface area contributed by atoms with E-state index in [1.807, 2.05) is 54.6 Å². The van der Waals surface area contributed by atoms with Crippen molar-refractivity contribution in [2.45, 2.75) is 20.8 Å². The summed E-state index contributed by atoms with van der Waals surface area (Å²) in [4.78, 5) is 53.8. The number of hydrogen-bond acceptors (Lipinski definition) is 9. The number of nitrogens with zero attached hydrogens (tertiary/aromatic N) is 6. The van der Waals surface area contributed by atoms with Gasteiger partial charge in [-0.1, -0.05) is 0 Å². The van der Waals surface area contributed by atoms with Gasteiger partial charge in [-0.15, -0.1) is 0 Å². The summed E-state index contributed by atoms with van der Waals surface area (Å²) in [5.74, 6) is 0. The zero-order chi connectivity index (χ0) is 34.6. The van der Waals surface area contributed by atoms with E-state index in [2.05, 4.69) is 29.9 Å². The Morgan fingerprint density at radius 2 is 0.688 bits per heavy atom. The molecule has 0 bridgehead atoms. The number of pyridine rings is 6. The first-order valence-corrected chi connectivity index (χ1v) is 14.3. The SMILES string of the molecule is Cc1[nH]c(=O)c(C#N)cc1-c1ccncc1.Cc1[nH]c(=O)c(C#N)cc1-c1ccncc1.Cc1[nH]c(=O)c(C#N)cc1-c1ccncc1. The quantitative estimate of drug-likeness (QED) is 0.243. The molecule has 12 heteroatoms. The highest BCUT2D eigenvalue weighted by Gasteiger charge is 2.09. The zero-order valence-corrected chi connectivity index (χ0v) is 26.1. The summed E-state index contributed by atoms with van der Waals surface area (Å²) >= 11 is 0. The van der Waals surface area contributed by atoms with Crippen LogP contribution in [-0.2, 0) is 0 Å². The van der Waals surface area contributed by atoms with E-state index in [-0.39, 0.29) is 33.4 Å². The van der Waals surface area contributed by atoms with Gasteiger partial charge in [-0.2, -0.15) is 15.8 Å². The molecule has 6 aromatic heterocycles. The van der Waals surface area contributed by atoms with Crippen LogP contribution in [0.4, 0.5) is 0 Å². The van der Waals surface area contributed by atoms with Crippen molar-refractivity contribution in [3.63, 3.8) is 0 Å². The monoisotopic (exact) mass is 633 g/mol. The lowest BCUT2D eigenvalue weighted by atomic mass is 10.0. The van der Waals surface area contributed by atoms with Crippen molar-refractivity contribution in [1.29, 1.82) is 15.8 Å². The molecule has 6 aromatic rings. The number of nitriles is 3. The van der Waals surface area contributed by atoms with Crippen molar-refractivity contribution in [2.75, 3.05) is 0 Å². The van der Waals surface area contributed by atoms with E-state index >= 15 is 0 Å². The highest BCUT2D eigenvalue weighted by Crippen LogP contribution is 2.22. The molecule has 0 fully saturated rings. The van der Waals surface area contributed by atoms with Crippen molar-refractivity contribution in [2.24, 2.45) is 0 Å². The van der Waals surface area contributed by atoms with Crippen molar-refractivity contribution >= 4 is 0 Å². The summed E-state index contributed by atoms with van der Waals surface area (Å²) in [6.45, 7) is 5.41. The predicted octanol–water partition coefficient (Wildman–Crippen LogP) is 4.85. The summed E-state index contributed by atoms with van der Waals surface area (Å²) in [6.07, 6.45) is 10.0. The average molecular weight is 634 g/mol. The van der Waals surface area contributed by atoms with Crippen molar-refractivity contribution in [1.82, 2.24) is 29.9 Å². The maximum Gasteiger partial charge on any atom is 0.266 e. The van der Waals surface area contributed by atoms with Gasteiger partial charge in [-0.3, -0.25) is 29.3 Å². The Hall–Kier alpha value is -7.23. The lowest BCUT2D eigenvalue weighted by Gasteiger charge is -2.05. The van der Waals surface area contributed by atoms with Gasteiger partial charge in [0.25, 0.3) is 16.7 Å². The number of rotatable bonds is 3. The van der Waals surface area contributed by atoms with Crippen LogP contribution in [0.5, 0.6) is 0 Å². The highest BCUT2D eigenvalue weighted by molar-refractivity contribution is 5.68. The molecular formula is C36H27N9O3. The molecule has 0 aliphatic carbocycles. The molecule has 0 aromatic carbocycles. The number of hydrogen-bond donors (Lipinski definition) is 3. The summed E-state index contributed by atoms with van der Waals surface area (Å²) in [5, 5.41) is 26.4. The van der Waals surface area contributed by atoms with Crippen LogP contribution in [0.3, 0.4) is 0 Å². The number of aryl methyl sites for hydroxylation is 3. The predicted molar refractivity (Wildman–Crippen MR) is 179 cm³/mol. The fourth-order valence-corrected chi connectivity index (χ4v) is 4.61. The molecule has 0 spiro atoms. The van der Waals surface area contributed by atoms with Crippen LogP contribution < -0.4 is 16.7 Å². The Morgan fingerprint density at radius 1 is 0.458 bits per heavy atom. The Bertz CT molecular complexity index is 2090. The topological polar surface area (TPSA) is 209 Å². The first-order valence-electron chi connectivity index (χ1n) is 14.3. The molecule has 6 heterocycles. The van der Waals surface area contributed by atoms with Gasteiger partial charge in [-0.05, 0) is 92.1 Å². The molecule has 0 saturated heterocycles. The normalized spacial score (nSPS) is 9.75. The van der Waals surface area contributed by atoms with Gasteiger partial charge in [0.1, 0.15) is 34.9 Å². The second kappa shape index (κ2) is 15.7. The van der Waals surface area contributed by atoms with E-state index in [0.29, 0.717) is 0 Å². The van der Waals surface area contributed by atoms with Gasteiger partial charge in [0.2, 0.25) is 0 Å². The molecule has 0 amide bonds. The lowest BCUT2D eigenvalue weighted by Crippen LogP contribution is -2.11. The molecule has 0 unspecified atom stereocenters. The molecule has 0 aliphatic rings. The molecule has 0 atom stereocenters. The minimum Gasteiger partial charge on any atom is -0.325 e. The van der Waals surface area contributed by atoms with Crippen LogP contribution in [0.1, 0.15) is 33.8 Å². The molecular weight excluding hydrogens is 606 g/mol. The van der Waals surface area contributed by atoms with Gasteiger partial charge < -0.3 is 15.0 Å². The van der Waals surface area contributed by atoms with Gasteiger partial charge in [-0.25, -0.2) is 0 Å².